The Morgan fingerprint density at radius 1 is 0.967 bits per heavy atom. The third-order valence-corrected chi connectivity index (χ3v) is 5.83. The molecule has 146 valence electrons. The molecule has 3 aromatic carbocycles. The van der Waals surface area contributed by atoms with Gasteiger partial charge in [-0.25, -0.2) is 4.98 Å². The lowest BCUT2D eigenvalue weighted by molar-refractivity contribution is 0.0657. The summed E-state index contributed by atoms with van der Waals surface area (Å²) in [6, 6.07) is 12.6. The highest BCUT2D eigenvalue weighted by Gasteiger charge is 2.39. The normalized spacial score (nSPS) is 13.8. The van der Waals surface area contributed by atoms with Crippen LogP contribution in [0.4, 0.5) is 0 Å². The molecule has 0 aliphatic carbocycles. The number of hydrogen-bond donors (Lipinski definition) is 3. The number of carbonyl (C=O) groups is 2. The highest BCUT2D eigenvalue weighted by atomic mass is 16.3. The molecule has 2 aromatic heterocycles. The third kappa shape index (κ3) is 2.17. The smallest absolute Gasteiger partial charge is 0.262 e. The number of nitrogens with one attached hydrogen (secondary N) is 2. The molecule has 0 saturated carbocycles. The lowest BCUT2D eigenvalue weighted by Gasteiger charge is -2.12. The summed E-state index contributed by atoms with van der Waals surface area (Å²) in [4.78, 5) is 38.5. The van der Waals surface area contributed by atoms with Gasteiger partial charge in [0.15, 0.2) is 0 Å². The van der Waals surface area contributed by atoms with Gasteiger partial charge in [0.05, 0.1) is 23.0 Å². The fourth-order valence-corrected chi connectivity index (χ4v) is 4.48. The minimum Gasteiger partial charge on any atom is -0.508 e. The second-order valence-corrected chi connectivity index (χ2v) is 7.49. The number of aromatic nitrogens is 3. The van der Waals surface area contributed by atoms with Crippen molar-refractivity contribution >= 4 is 44.4 Å². The molecule has 3 N–H and O–H groups in total. The number of rotatable bonds is 3. The van der Waals surface area contributed by atoms with Crippen LogP contribution >= 0.6 is 0 Å². The Balaban J connectivity index is 1.64. The first-order valence-corrected chi connectivity index (χ1v) is 9.66. The Hall–Kier alpha value is -4.13. The monoisotopic (exact) mass is 396 g/mol. The Morgan fingerprint density at radius 3 is 2.57 bits per heavy atom. The number of phenols is 1. The zero-order chi connectivity index (χ0) is 20.4. The lowest BCUT2D eigenvalue weighted by Crippen LogP contribution is -2.31. The number of nitrogens with zero attached hydrogens (tertiary/aromatic N) is 2. The largest absolute Gasteiger partial charge is 0.508 e. The quantitative estimate of drug-likeness (QED) is 0.404. The molecule has 5 aromatic rings. The van der Waals surface area contributed by atoms with Crippen LogP contribution in [-0.2, 0) is 6.42 Å². The number of imidazole rings is 1. The van der Waals surface area contributed by atoms with Crippen LogP contribution in [0.1, 0.15) is 26.4 Å². The van der Waals surface area contributed by atoms with Gasteiger partial charge in [-0.05, 0) is 23.6 Å². The topological polar surface area (TPSA) is 102 Å². The van der Waals surface area contributed by atoms with Crippen molar-refractivity contribution in [1.29, 1.82) is 0 Å². The number of aromatic amines is 2. The van der Waals surface area contributed by atoms with Crippen molar-refractivity contribution in [3.63, 3.8) is 0 Å². The zero-order valence-corrected chi connectivity index (χ0v) is 15.8. The van der Waals surface area contributed by atoms with E-state index in [1.165, 1.54) is 4.90 Å². The predicted molar refractivity (Wildman–Crippen MR) is 113 cm³/mol. The fraction of sp³-hybridized carbons (Fsp3) is 0.0870. The molecule has 3 heterocycles. The van der Waals surface area contributed by atoms with Crippen LogP contribution in [0.3, 0.4) is 0 Å². The molecule has 0 fully saturated rings. The number of aromatic hydroxyl groups is 1. The summed E-state index contributed by atoms with van der Waals surface area (Å²) >= 11 is 0. The van der Waals surface area contributed by atoms with Crippen molar-refractivity contribution in [1.82, 2.24) is 19.9 Å². The van der Waals surface area contributed by atoms with Crippen molar-refractivity contribution < 1.29 is 14.7 Å². The number of fused-ring (bicyclic) bond motifs is 8. The highest BCUT2D eigenvalue weighted by molar-refractivity contribution is 6.36. The van der Waals surface area contributed by atoms with E-state index in [0.29, 0.717) is 22.9 Å². The van der Waals surface area contributed by atoms with Crippen LogP contribution < -0.4 is 0 Å². The van der Waals surface area contributed by atoms with Gasteiger partial charge in [0.2, 0.25) is 0 Å². The van der Waals surface area contributed by atoms with E-state index < -0.39 is 0 Å². The van der Waals surface area contributed by atoms with Crippen LogP contribution in [0.15, 0.2) is 55.0 Å². The van der Waals surface area contributed by atoms with Crippen LogP contribution in [-0.4, -0.2) is 43.3 Å². The lowest BCUT2D eigenvalue weighted by atomic mass is 9.95. The van der Waals surface area contributed by atoms with Crippen LogP contribution in [0.5, 0.6) is 5.75 Å². The van der Waals surface area contributed by atoms with Gasteiger partial charge in [-0.2, -0.15) is 0 Å². The van der Waals surface area contributed by atoms with Gasteiger partial charge < -0.3 is 15.1 Å². The molecular formula is C23H16N4O3. The summed E-state index contributed by atoms with van der Waals surface area (Å²) < 4.78 is 0. The number of benzene rings is 3. The molecule has 0 spiro atoms. The van der Waals surface area contributed by atoms with Crippen molar-refractivity contribution in [3.05, 3.63) is 71.8 Å². The van der Waals surface area contributed by atoms with E-state index in [9.17, 15) is 14.7 Å². The average Bonchev–Trinajstić information content (AvgIpc) is 3.45. The standard InChI is InChI=1S/C23H16N4O3/c28-13-5-6-17-16(9-13)18-20-19(14-3-1-2-4-15(14)21(18)26-17)22(29)27(23(20)30)8-7-12-10-24-11-25-12/h1-6,9-11,26,28H,7-8H2,(H,24,25). The van der Waals surface area contributed by atoms with Gasteiger partial charge in [0.25, 0.3) is 11.8 Å². The molecule has 0 saturated heterocycles. The third-order valence-electron chi connectivity index (χ3n) is 5.83. The van der Waals surface area contributed by atoms with Crippen LogP contribution in [0, 0.1) is 0 Å². The van der Waals surface area contributed by atoms with E-state index in [1.807, 2.05) is 24.3 Å². The van der Waals surface area contributed by atoms with Gasteiger partial charge in [-0.3, -0.25) is 14.5 Å². The Kier molecular flexibility index (Phi) is 3.32. The van der Waals surface area contributed by atoms with E-state index in [4.69, 9.17) is 0 Å². The second-order valence-electron chi connectivity index (χ2n) is 7.49. The van der Waals surface area contributed by atoms with E-state index in [2.05, 4.69) is 15.0 Å². The van der Waals surface area contributed by atoms with Crippen LogP contribution in [0.2, 0.25) is 0 Å². The molecule has 6 rings (SSSR count). The molecule has 7 heteroatoms. The number of phenolic OH excluding ortho intramolecular Hbond substituents is 1. The summed E-state index contributed by atoms with van der Waals surface area (Å²) in [5.74, 6) is -0.491. The molecule has 0 bridgehead atoms. The zero-order valence-electron chi connectivity index (χ0n) is 15.8. The first kappa shape index (κ1) is 16.8. The molecule has 2 amide bonds. The average molecular weight is 396 g/mol. The minimum absolute atomic E-state index is 0.109. The molecule has 1 aliphatic rings. The molecule has 7 nitrogen and oxygen atoms in total. The highest BCUT2D eigenvalue weighted by Crippen LogP contribution is 2.41. The van der Waals surface area contributed by atoms with Crippen molar-refractivity contribution in [2.24, 2.45) is 0 Å². The molecule has 30 heavy (non-hydrogen) atoms. The minimum atomic E-state index is -0.311. The van der Waals surface area contributed by atoms with E-state index in [1.54, 1.807) is 30.7 Å². The van der Waals surface area contributed by atoms with E-state index >= 15 is 0 Å². The maximum Gasteiger partial charge on any atom is 0.262 e. The molecule has 0 unspecified atom stereocenters. The summed E-state index contributed by atoms with van der Waals surface area (Å²) in [7, 11) is 0. The first-order chi connectivity index (χ1) is 14.6. The molecule has 0 radical (unpaired) electrons. The van der Waals surface area contributed by atoms with Crippen molar-refractivity contribution in [2.75, 3.05) is 6.54 Å². The van der Waals surface area contributed by atoms with Crippen molar-refractivity contribution in [3.8, 4) is 5.75 Å². The molecule has 1 aliphatic heterocycles. The number of imide groups is 1. The summed E-state index contributed by atoms with van der Waals surface area (Å²) in [6.07, 6.45) is 3.77. The molecule has 0 atom stereocenters. The van der Waals surface area contributed by atoms with Crippen molar-refractivity contribution in [2.45, 2.75) is 6.42 Å². The maximum atomic E-state index is 13.5. The number of hydrogen-bond acceptors (Lipinski definition) is 4. The molecular weight excluding hydrogens is 380 g/mol. The van der Waals surface area contributed by atoms with Gasteiger partial charge in [0, 0.05) is 46.5 Å². The van der Waals surface area contributed by atoms with Gasteiger partial charge >= 0.3 is 0 Å². The maximum absolute atomic E-state index is 13.5. The van der Waals surface area contributed by atoms with Gasteiger partial charge in [-0.15, -0.1) is 0 Å². The first-order valence-electron chi connectivity index (χ1n) is 9.66. The Labute approximate surface area is 170 Å². The SMILES string of the molecule is O=C1c2c(c3c4cc(O)ccc4[nH]c3c3ccccc23)C(=O)N1CCc1cnc[nH]1. The predicted octanol–water partition coefficient (Wildman–Crippen LogP) is 3.74. The fourth-order valence-electron chi connectivity index (χ4n) is 4.48. The van der Waals surface area contributed by atoms with Gasteiger partial charge in [0.1, 0.15) is 5.75 Å². The summed E-state index contributed by atoms with van der Waals surface area (Å²) in [5, 5.41) is 13.1. The van der Waals surface area contributed by atoms with Crippen LogP contribution in [0.25, 0.3) is 32.6 Å². The van der Waals surface area contributed by atoms with E-state index in [0.717, 1.165) is 32.9 Å². The Bertz CT molecular complexity index is 1500. The summed E-state index contributed by atoms with van der Waals surface area (Å²) in [5.41, 5.74) is 3.28. The number of amides is 2. The summed E-state index contributed by atoms with van der Waals surface area (Å²) in [6.45, 7) is 0.262. The van der Waals surface area contributed by atoms with E-state index in [-0.39, 0.29) is 24.1 Å². The van der Waals surface area contributed by atoms with Gasteiger partial charge in [-0.1, -0.05) is 24.3 Å². The Morgan fingerprint density at radius 2 is 1.77 bits per heavy atom. The number of carbonyl (C=O) groups excluding carboxylic acids is 2. The number of H-pyrrole nitrogens is 2. The second kappa shape index (κ2) is 5.93.